The zero-order valence-corrected chi connectivity index (χ0v) is 18.5. The normalized spacial score (nSPS) is 23.4. The number of rotatable bonds is 4. The van der Waals surface area contributed by atoms with Crippen LogP contribution in [0, 0.1) is 5.92 Å². The summed E-state index contributed by atoms with van der Waals surface area (Å²) in [5.41, 5.74) is 5.66. The van der Waals surface area contributed by atoms with Crippen LogP contribution in [0.2, 0.25) is 5.02 Å². The average molecular weight is 438 g/mol. The Bertz CT molecular complexity index is 1030. The van der Waals surface area contributed by atoms with Gasteiger partial charge in [-0.05, 0) is 91.6 Å². The third-order valence-electron chi connectivity index (χ3n) is 7.14. The van der Waals surface area contributed by atoms with Crippen molar-refractivity contribution in [1.82, 2.24) is 4.90 Å². The van der Waals surface area contributed by atoms with Crippen LogP contribution in [0.4, 0.5) is 11.4 Å². The van der Waals surface area contributed by atoms with Gasteiger partial charge in [0.25, 0.3) is 0 Å². The molecule has 2 N–H and O–H groups in total. The van der Waals surface area contributed by atoms with Crippen LogP contribution in [-0.4, -0.2) is 36.3 Å². The second-order valence-corrected chi connectivity index (χ2v) is 9.60. The molecule has 1 fully saturated rings. The predicted octanol–water partition coefficient (Wildman–Crippen LogP) is 4.78. The van der Waals surface area contributed by atoms with Crippen LogP contribution in [0.1, 0.15) is 54.7 Å². The number of amides is 2. The minimum Gasteiger partial charge on any atom is -0.326 e. The molecule has 0 saturated carbocycles. The van der Waals surface area contributed by atoms with Gasteiger partial charge in [0, 0.05) is 29.9 Å². The van der Waals surface area contributed by atoms with Crippen molar-refractivity contribution in [3.63, 3.8) is 0 Å². The van der Waals surface area contributed by atoms with Gasteiger partial charge in [0.2, 0.25) is 11.8 Å². The molecule has 5 nitrogen and oxygen atoms in total. The minimum absolute atomic E-state index is 0.0311. The van der Waals surface area contributed by atoms with Crippen LogP contribution in [0.5, 0.6) is 0 Å². The quantitative estimate of drug-likeness (QED) is 0.723. The lowest BCUT2D eigenvalue weighted by Crippen LogP contribution is -2.38. The summed E-state index contributed by atoms with van der Waals surface area (Å²) in [5, 5.41) is 6.59. The van der Waals surface area contributed by atoms with Gasteiger partial charge in [-0.2, -0.15) is 0 Å². The molecule has 0 bridgehead atoms. The number of nitrogens with one attached hydrogen (secondary N) is 2. The molecule has 2 amide bonds. The minimum atomic E-state index is -0.0539. The molecule has 2 aromatic rings. The van der Waals surface area contributed by atoms with E-state index in [1.54, 1.807) is 6.92 Å². The van der Waals surface area contributed by atoms with E-state index in [0.717, 1.165) is 62.3 Å². The highest BCUT2D eigenvalue weighted by Crippen LogP contribution is 2.43. The number of hydrogen-bond donors (Lipinski definition) is 2. The number of benzene rings is 2. The smallest absolute Gasteiger partial charge is 0.232 e. The standard InChI is InChI=1S/C25H28ClN3O2/c1-15(30)27-20-6-4-16-2-3-18(22(16)13-20)14-29-10-8-17(9-11-29)24-21-7-5-19(26)12-23(21)28-25(24)31/h4-7,12-13,17-18,24H,2-3,8-11,14H2,1H3,(H,27,30)(H,28,31). The molecular weight excluding hydrogens is 410 g/mol. The van der Waals surface area contributed by atoms with Gasteiger partial charge in [0.1, 0.15) is 0 Å². The second-order valence-electron chi connectivity index (χ2n) is 9.17. The van der Waals surface area contributed by atoms with Gasteiger partial charge < -0.3 is 15.5 Å². The van der Waals surface area contributed by atoms with Gasteiger partial charge >= 0.3 is 0 Å². The van der Waals surface area contributed by atoms with Crippen molar-refractivity contribution in [2.45, 2.75) is 44.4 Å². The zero-order valence-electron chi connectivity index (χ0n) is 17.8. The van der Waals surface area contributed by atoms with Crippen LogP contribution in [0.3, 0.4) is 0 Å². The molecular formula is C25H28ClN3O2. The highest BCUT2D eigenvalue weighted by Gasteiger charge is 2.38. The second kappa shape index (κ2) is 8.29. The summed E-state index contributed by atoms with van der Waals surface area (Å²) in [6.45, 7) is 4.64. The summed E-state index contributed by atoms with van der Waals surface area (Å²) in [5.74, 6) is 0.919. The summed E-state index contributed by atoms with van der Waals surface area (Å²) < 4.78 is 0. The molecule has 0 radical (unpaired) electrons. The molecule has 2 aliphatic heterocycles. The van der Waals surface area contributed by atoms with E-state index in [4.69, 9.17) is 11.6 Å². The number of anilines is 2. The van der Waals surface area contributed by atoms with E-state index in [9.17, 15) is 9.59 Å². The number of fused-ring (bicyclic) bond motifs is 2. The molecule has 162 valence electrons. The van der Waals surface area contributed by atoms with Gasteiger partial charge in [-0.25, -0.2) is 0 Å². The Hall–Kier alpha value is -2.37. The van der Waals surface area contributed by atoms with Gasteiger partial charge in [-0.1, -0.05) is 23.7 Å². The Morgan fingerprint density at radius 1 is 1.13 bits per heavy atom. The molecule has 3 aliphatic rings. The summed E-state index contributed by atoms with van der Waals surface area (Å²) in [6, 6.07) is 12.1. The highest BCUT2D eigenvalue weighted by molar-refractivity contribution is 6.31. The Morgan fingerprint density at radius 3 is 2.71 bits per heavy atom. The molecule has 6 heteroatoms. The molecule has 2 atom stereocenters. The Balaban J connectivity index is 1.22. The van der Waals surface area contributed by atoms with Crippen molar-refractivity contribution in [3.05, 3.63) is 58.1 Å². The number of hydrogen-bond acceptors (Lipinski definition) is 3. The fourth-order valence-electron chi connectivity index (χ4n) is 5.67. The number of aryl methyl sites for hydroxylation is 1. The Morgan fingerprint density at radius 2 is 1.94 bits per heavy atom. The molecule has 31 heavy (non-hydrogen) atoms. The van der Waals surface area contributed by atoms with Crippen LogP contribution >= 0.6 is 11.6 Å². The van der Waals surface area contributed by atoms with Crippen LogP contribution < -0.4 is 10.6 Å². The van der Waals surface area contributed by atoms with Crippen molar-refractivity contribution in [2.75, 3.05) is 30.3 Å². The summed E-state index contributed by atoms with van der Waals surface area (Å²) in [6.07, 6.45) is 4.34. The largest absolute Gasteiger partial charge is 0.326 e. The number of halogens is 1. The first kappa shape index (κ1) is 20.5. The van der Waals surface area contributed by atoms with Crippen LogP contribution in [-0.2, 0) is 16.0 Å². The third-order valence-corrected chi connectivity index (χ3v) is 7.38. The SMILES string of the molecule is CC(=O)Nc1ccc2c(c1)C(CN1CCC(C3C(=O)Nc4cc(Cl)ccc43)CC1)CC2. The fraction of sp³-hybridized carbons (Fsp3) is 0.440. The van der Waals surface area contributed by atoms with E-state index in [0.29, 0.717) is 16.9 Å². The number of nitrogens with zero attached hydrogens (tertiary/aromatic N) is 1. The molecule has 1 saturated heterocycles. The number of carbonyl (C=O) groups is 2. The Labute approximate surface area is 188 Å². The maximum absolute atomic E-state index is 12.6. The average Bonchev–Trinajstić information content (AvgIpc) is 3.27. The fourth-order valence-corrected chi connectivity index (χ4v) is 5.84. The monoisotopic (exact) mass is 437 g/mol. The summed E-state index contributed by atoms with van der Waals surface area (Å²) in [7, 11) is 0. The highest BCUT2D eigenvalue weighted by atomic mass is 35.5. The molecule has 5 rings (SSSR count). The molecule has 2 heterocycles. The Kier molecular flexibility index (Phi) is 5.49. The first-order valence-electron chi connectivity index (χ1n) is 11.2. The lowest BCUT2D eigenvalue weighted by Gasteiger charge is -2.35. The first-order chi connectivity index (χ1) is 15.0. The van der Waals surface area contributed by atoms with Crippen molar-refractivity contribution >= 4 is 34.8 Å². The van der Waals surface area contributed by atoms with E-state index in [1.165, 1.54) is 11.1 Å². The maximum Gasteiger partial charge on any atom is 0.232 e. The molecule has 1 aliphatic carbocycles. The number of piperidine rings is 1. The van der Waals surface area contributed by atoms with E-state index >= 15 is 0 Å². The zero-order chi connectivity index (χ0) is 21.5. The van der Waals surface area contributed by atoms with E-state index < -0.39 is 0 Å². The van der Waals surface area contributed by atoms with Gasteiger partial charge in [-0.15, -0.1) is 0 Å². The number of likely N-dealkylation sites (tertiary alicyclic amines) is 1. The lowest BCUT2D eigenvalue weighted by atomic mass is 9.80. The summed E-state index contributed by atoms with van der Waals surface area (Å²) in [4.78, 5) is 26.6. The molecule has 0 spiro atoms. The van der Waals surface area contributed by atoms with Crippen molar-refractivity contribution in [3.8, 4) is 0 Å². The number of carbonyl (C=O) groups excluding carboxylic acids is 2. The van der Waals surface area contributed by atoms with Crippen molar-refractivity contribution in [1.29, 1.82) is 0 Å². The predicted molar refractivity (Wildman–Crippen MR) is 124 cm³/mol. The summed E-state index contributed by atoms with van der Waals surface area (Å²) >= 11 is 6.10. The van der Waals surface area contributed by atoms with Crippen molar-refractivity contribution < 1.29 is 9.59 Å². The van der Waals surface area contributed by atoms with E-state index in [-0.39, 0.29) is 17.7 Å². The van der Waals surface area contributed by atoms with Crippen LogP contribution in [0.15, 0.2) is 36.4 Å². The molecule has 2 aromatic carbocycles. The first-order valence-corrected chi connectivity index (χ1v) is 11.6. The lowest BCUT2D eigenvalue weighted by molar-refractivity contribution is -0.118. The molecule has 0 aromatic heterocycles. The topological polar surface area (TPSA) is 61.4 Å². The van der Waals surface area contributed by atoms with E-state index in [1.807, 2.05) is 24.3 Å². The van der Waals surface area contributed by atoms with Gasteiger partial charge in [0.15, 0.2) is 0 Å². The van der Waals surface area contributed by atoms with E-state index in [2.05, 4.69) is 27.7 Å². The van der Waals surface area contributed by atoms with Gasteiger partial charge in [0.05, 0.1) is 5.92 Å². The third kappa shape index (κ3) is 4.09. The van der Waals surface area contributed by atoms with Crippen molar-refractivity contribution in [2.24, 2.45) is 5.92 Å². The molecule has 2 unspecified atom stereocenters. The van der Waals surface area contributed by atoms with Gasteiger partial charge in [-0.3, -0.25) is 9.59 Å². The van der Waals surface area contributed by atoms with Crippen LogP contribution in [0.25, 0.3) is 0 Å². The maximum atomic E-state index is 12.6.